The van der Waals surface area contributed by atoms with E-state index < -0.39 is 5.82 Å². The Morgan fingerprint density at radius 2 is 2.25 bits per heavy atom. The second-order valence-corrected chi connectivity index (χ2v) is 5.38. The van der Waals surface area contributed by atoms with E-state index in [1.165, 1.54) is 6.07 Å². The summed E-state index contributed by atoms with van der Waals surface area (Å²) in [5.41, 5.74) is 6.28. The molecule has 4 nitrogen and oxygen atoms in total. The lowest BCUT2D eigenvalue weighted by Crippen LogP contribution is -2.48. The van der Waals surface area contributed by atoms with Gasteiger partial charge in [0.2, 0.25) is 5.91 Å². The van der Waals surface area contributed by atoms with E-state index in [1.54, 1.807) is 18.2 Å². The molecule has 1 aromatic rings. The third-order valence-corrected chi connectivity index (χ3v) is 3.92. The predicted molar refractivity (Wildman–Crippen MR) is 77.8 cm³/mol. The molecular weight excluding hydrogens is 257 g/mol. The van der Waals surface area contributed by atoms with Crippen molar-refractivity contribution in [2.45, 2.75) is 25.8 Å². The van der Waals surface area contributed by atoms with Gasteiger partial charge in [0.15, 0.2) is 0 Å². The topological polar surface area (TPSA) is 58.4 Å². The first-order valence-electron chi connectivity index (χ1n) is 7.12. The molecule has 1 heterocycles. The summed E-state index contributed by atoms with van der Waals surface area (Å²) in [7, 11) is 0. The maximum absolute atomic E-state index is 13.5. The molecule has 1 aromatic carbocycles. The number of halogens is 1. The summed E-state index contributed by atoms with van der Waals surface area (Å²) in [6.07, 6.45) is 1.93. The smallest absolute Gasteiger partial charge is 0.238 e. The lowest BCUT2D eigenvalue weighted by Gasteiger charge is -2.36. The third-order valence-electron chi connectivity index (χ3n) is 3.92. The van der Waals surface area contributed by atoms with Gasteiger partial charge in [0, 0.05) is 19.1 Å². The van der Waals surface area contributed by atoms with Gasteiger partial charge in [0.05, 0.1) is 12.2 Å². The van der Waals surface area contributed by atoms with E-state index >= 15 is 0 Å². The molecule has 1 aliphatic rings. The minimum atomic E-state index is -0.409. The van der Waals surface area contributed by atoms with Crippen LogP contribution < -0.4 is 11.1 Å². The molecule has 0 aliphatic carbocycles. The number of hydrogen-bond donors (Lipinski definition) is 2. The number of nitrogens with zero attached hydrogens (tertiary/aromatic N) is 1. The molecule has 20 heavy (non-hydrogen) atoms. The van der Waals surface area contributed by atoms with Crippen LogP contribution in [-0.2, 0) is 4.79 Å². The summed E-state index contributed by atoms with van der Waals surface area (Å²) >= 11 is 0. The van der Waals surface area contributed by atoms with Gasteiger partial charge >= 0.3 is 0 Å². The van der Waals surface area contributed by atoms with E-state index in [-0.39, 0.29) is 24.2 Å². The fourth-order valence-corrected chi connectivity index (χ4v) is 2.66. The standard InChI is InChI=1S/C15H22FN3O/c1-2-11-9-19(8-7-13(11)17)10-15(20)18-14-6-4-3-5-12(14)16/h3-6,11,13H,2,7-10,17H2,1H3,(H,18,20). The average Bonchev–Trinajstić information content (AvgIpc) is 2.43. The van der Waals surface area contributed by atoms with Crippen molar-refractivity contribution >= 4 is 11.6 Å². The number of carbonyl (C=O) groups is 1. The highest BCUT2D eigenvalue weighted by atomic mass is 19.1. The van der Waals surface area contributed by atoms with Crippen LogP contribution in [0.5, 0.6) is 0 Å². The van der Waals surface area contributed by atoms with Gasteiger partial charge in [-0.3, -0.25) is 9.69 Å². The van der Waals surface area contributed by atoms with Crippen LogP contribution in [0.3, 0.4) is 0 Å². The van der Waals surface area contributed by atoms with E-state index in [4.69, 9.17) is 5.73 Å². The summed E-state index contributed by atoms with van der Waals surface area (Å²) in [4.78, 5) is 14.0. The van der Waals surface area contributed by atoms with Gasteiger partial charge in [-0.25, -0.2) is 4.39 Å². The van der Waals surface area contributed by atoms with Gasteiger partial charge in [-0.05, 0) is 24.5 Å². The number of anilines is 1. The zero-order chi connectivity index (χ0) is 14.5. The fourth-order valence-electron chi connectivity index (χ4n) is 2.66. The number of para-hydroxylation sites is 1. The van der Waals surface area contributed by atoms with Gasteiger partial charge in [-0.2, -0.15) is 0 Å². The fraction of sp³-hybridized carbons (Fsp3) is 0.533. The molecule has 2 rings (SSSR count). The minimum absolute atomic E-state index is 0.180. The first-order valence-corrected chi connectivity index (χ1v) is 7.12. The zero-order valence-electron chi connectivity index (χ0n) is 11.8. The molecule has 0 bridgehead atoms. The average molecular weight is 279 g/mol. The number of nitrogens with two attached hydrogens (primary N) is 1. The largest absolute Gasteiger partial charge is 0.327 e. The summed E-state index contributed by atoms with van der Waals surface area (Å²) in [6, 6.07) is 6.43. The van der Waals surface area contributed by atoms with Gasteiger partial charge < -0.3 is 11.1 Å². The summed E-state index contributed by atoms with van der Waals surface area (Å²) < 4.78 is 13.5. The number of likely N-dealkylation sites (tertiary alicyclic amines) is 1. The Morgan fingerprint density at radius 1 is 1.50 bits per heavy atom. The predicted octanol–water partition coefficient (Wildman–Crippen LogP) is 1.82. The number of piperidine rings is 1. The Labute approximate surface area is 119 Å². The lowest BCUT2D eigenvalue weighted by atomic mass is 9.91. The maximum Gasteiger partial charge on any atom is 0.238 e. The van der Waals surface area contributed by atoms with Crippen molar-refractivity contribution in [2.24, 2.45) is 11.7 Å². The SMILES string of the molecule is CCC1CN(CC(=O)Nc2ccccc2F)CCC1N. The van der Waals surface area contributed by atoms with Crippen molar-refractivity contribution in [2.75, 3.05) is 25.0 Å². The number of rotatable bonds is 4. The van der Waals surface area contributed by atoms with Crippen molar-refractivity contribution < 1.29 is 9.18 Å². The molecule has 3 N–H and O–H groups in total. The van der Waals surface area contributed by atoms with Crippen LogP contribution in [0.15, 0.2) is 24.3 Å². The number of benzene rings is 1. The number of hydrogen-bond acceptors (Lipinski definition) is 3. The van der Waals surface area contributed by atoms with Crippen molar-refractivity contribution in [3.8, 4) is 0 Å². The molecule has 1 amide bonds. The Balaban J connectivity index is 1.87. The molecule has 110 valence electrons. The zero-order valence-corrected chi connectivity index (χ0v) is 11.8. The van der Waals surface area contributed by atoms with Crippen molar-refractivity contribution in [3.05, 3.63) is 30.1 Å². The maximum atomic E-state index is 13.5. The van der Waals surface area contributed by atoms with Gasteiger partial charge in [0.25, 0.3) is 0 Å². The van der Waals surface area contributed by atoms with E-state index in [0.29, 0.717) is 5.92 Å². The quantitative estimate of drug-likeness (QED) is 0.884. The Bertz CT molecular complexity index is 466. The van der Waals surface area contributed by atoms with E-state index in [0.717, 1.165) is 25.9 Å². The highest BCUT2D eigenvalue weighted by molar-refractivity contribution is 5.92. The Morgan fingerprint density at radius 3 is 2.95 bits per heavy atom. The molecule has 1 fully saturated rings. The Kier molecular flexibility index (Phi) is 5.09. The molecular formula is C15H22FN3O. The van der Waals surface area contributed by atoms with E-state index in [2.05, 4.69) is 17.1 Å². The minimum Gasteiger partial charge on any atom is -0.327 e. The normalized spacial score (nSPS) is 23.6. The molecule has 5 heteroatoms. The van der Waals surface area contributed by atoms with Crippen LogP contribution in [0, 0.1) is 11.7 Å². The molecule has 0 saturated carbocycles. The molecule has 0 aromatic heterocycles. The van der Waals surface area contributed by atoms with Crippen LogP contribution in [0.4, 0.5) is 10.1 Å². The molecule has 1 saturated heterocycles. The van der Waals surface area contributed by atoms with Crippen LogP contribution in [-0.4, -0.2) is 36.5 Å². The van der Waals surface area contributed by atoms with Gasteiger partial charge in [0.1, 0.15) is 5.82 Å². The number of amides is 1. The number of carbonyl (C=O) groups excluding carboxylic acids is 1. The third kappa shape index (κ3) is 3.77. The highest BCUT2D eigenvalue weighted by Crippen LogP contribution is 2.18. The molecule has 2 atom stereocenters. The van der Waals surface area contributed by atoms with Gasteiger partial charge in [-0.1, -0.05) is 25.5 Å². The molecule has 2 unspecified atom stereocenters. The summed E-state index contributed by atoms with van der Waals surface area (Å²) in [5.74, 6) is -0.154. The van der Waals surface area contributed by atoms with Crippen LogP contribution >= 0.6 is 0 Å². The highest BCUT2D eigenvalue weighted by Gasteiger charge is 2.26. The Hall–Kier alpha value is -1.46. The summed E-state index contributed by atoms with van der Waals surface area (Å²) in [5, 5.41) is 2.61. The monoisotopic (exact) mass is 279 g/mol. The van der Waals surface area contributed by atoms with Crippen LogP contribution in [0.2, 0.25) is 0 Å². The van der Waals surface area contributed by atoms with Crippen molar-refractivity contribution in [1.29, 1.82) is 0 Å². The van der Waals surface area contributed by atoms with Crippen molar-refractivity contribution in [3.63, 3.8) is 0 Å². The second-order valence-electron chi connectivity index (χ2n) is 5.38. The van der Waals surface area contributed by atoms with E-state index in [9.17, 15) is 9.18 Å². The first kappa shape index (κ1) is 14.9. The lowest BCUT2D eigenvalue weighted by molar-refractivity contribution is -0.117. The van der Waals surface area contributed by atoms with Crippen LogP contribution in [0.1, 0.15) is 19.8 Å². The molecule has 1 aliphatic heterocycles. The van der Waals surface area contributed by atoms with E-state index in [1.807, 2.05) is 0 Å². The van der Waals surface area contributed by atoms with Crippen molar-refractivity contribution in [1.82, 2.24) is 4.90 Å². The number of nitrogens with one attached hydrogen (secondary N) is 1. The molecule has 0 spiro atoms. The van der Waals surface area contributed by atoms with Gasteiger partial charge in [-0.15, -0.1) is 0 Å². The summed E-state index contributed by atoms with van der Waals surface area (Å²) in [6.45, 7) is 4.07. The second kappa shape index (κ2) is 6.81. The van der Waals surface area contributed by atoms with Crippen LogP contribution in [0.25, 0.3) is 0 Å². The molecule has 0 radical (unpaired) electrons. The first-order chi connectivity index (χ1) is 9.60.